The average Bonchev–Trinajstić information content (AvgIpc) is 2.81. The van der Waals surface area contributed by atoms with Crippen LogP contribution in [0.25, 0.3) is 5.57 Å². The lowest BCUT2D eigenvalue weighted by molar-refractivity contribution is -0.138. The molecule has 0 atom stereocenters. The maximum atomic E-state index is 13.1. The standard InChI is InChI=1S/C27H22F6N/c28-26(29,30)23-10-6-20(7-11-23)25(21-8-12-24(13-9-21)27(31,32)33)22-14-16-34(17-15-22)18-19-4-2-1-3-5-19/h2-13H,14-18H2. The maximum Gasteiger partial charge on any atom is 0.416 e. The lowest BCUT2D eigenvalue weighted by atomic mass is 9.87. The normalized spacial score (nSPS) is 15.4. The van der Waals surface area contributed by atoms with Crippen LogP contribution in [-0.4, -0.2) is 18.0 Å². The summed E-state index contributed by atoms with van der Waals surface area (Å²) in [7, 11) is 0. The molecule has 0 unspecified atom stereocenters. The summed E-state index contributed by atoms with van der Waals surface area (Å²) in [6.07, 6.45) is -7.56. The molecule has 4 rings (SSSR count). The molecule has 1 radical (unpaired) electrons. The third-order valence-corrected chi connectivity index (χ3v) is 6.01. The topological polar surface area (TPSA) is 3.24 Å². The molecule has 1 fully saturated rings. The minimum Gasteiger partial charge on any atom is -0.298 e. The van der Waals surface area contributed by atoms with Gasteiger partial charge < -0.3 is 0 Å². The number of hydrogen-bond acceptors (Lipinski definition) is 1. The summed E-state index contributed by atoms with van der Waals surface area (Å²) in [5.74, 6) is 0. The van der Waals surface area contributed by atoms with Gasteiger partial charge >= 0.3 is 12.4 Å². The predicted octanol–water partition coefficient (Wildman–Crippen LogP) is 7.62. The molecule has 3 aromatic rings. The fourth-order valence-corrected chi connectivity index (χ4v) is 4.24. The minimum atomic E-state index is -4.46. The van der Waals surface area contributed by atoms with E-state index >= 15 is 0 Å². The number of nitrogens with zero attached hydrogens (tertiary/aromatic N) is 1. The first kappa shape index (κ1) is 24.1. The van der Waals surface area contributed by atoms with Crippen LogP contribution in [0.1, 0.15) is 40.7 Å². The molecule has 0 N–H and O–H groups in total. The Morgan fingerprint density at radius 1 is 0.676 bits per heavy atom. The van der Waals surface area contributed by atoms with Crippen LogP contribution in [0.15, 0.2) is 78.4 Å². The van der Waals surface area contributed by atoms with E-state index in [1.165, 1.54) is 24.3 Å². The van der Waals surface area contributed by atoms with Crippen LogP contribution in [0, 0.1) is 6.07 Å². The summed E-state index contributed by atoms with van der Waals surface area (Å²) < 4.78 is 78.3. The zero-order valence-electron chi connectivity index (χ0n) is 18.2. The fraction of sp³-hybridized carbons (Fsp3) is 0.259. The Labute approximate surface area is 194 Å². The van der Waals surface area contributed by atoms with Gasteiger partial charge in [0.05, 0.1) is 11.1 Å². The van der Waals surface area contributed by atoms with Gasteiger partial charge in [-0.05, 0) is 65.4 Å². The molecule has 177 valence electrons. The zero-order valence-corrected chi connectivity index (χ0v) is 18.2. The molecule has 0 spiro atoms. The average molecular weight is 474 g/mol. The molecule has 1 nitrogen and oxygen atoms in total. The van der Waals surface area contributed by atoms with Gasteiger partial charge in [0.2, 0.25) is 0 Å². The fourth-order valence-electron chi connectivity index (χ4n) is 4.24. The van der Waals surface area contributed by atoms with Gasteiger partial charge in [0, 0.05) is 19.6 Å². The Kier molecular flexibility index (Phi) is 6.84. The Morgan fingerprint density at radius 2 is 1.12 bits per heavy atom. The van der Waals surface area contributed by atoms with Crippen LogP contribution >= 0.6 is 0 Å². The Bertz CT molecular complexity index is 1060. The first-order valence-electron chi connectivity index (χ1n) is 10.9. The highest BCUT2D eigenvalue weighted by Gasteiger charge is 2.31. The van der Waals surface area contributed by atoms with Crippen molar-refractivity contribution in [3.05, 3.63) is 112 Å². The van der Waals surface area contributed by atoms with Gasteiger partial charge in [-0.3, -0.25) is 4.90 Å². The second-order valence-corrected chi connectivity index (χ2v) is 8.31. The van der Waals surface area contributed by atoms with Gasteiger partial charge in [0.1, 0.15) is 0 Å². The molecule has 3 aromatic carbocycles. The summed E-state index contributed by atoms with van der Waals surface area (Å²) in [5.41, 5.74) is 2.50. The largest absolute Gasteiger partial charge is 0.416 e. The molecule has 1 aliphatic heterocycles. The van der Waals surface area contributed by atoms with Crippen molar-refractivity contribution in [2.24, 2.45) is 0 Å². The van der Waals surface area contributed by atoms with Crippen molar-refractivity contribution in [2.45, 2.75) is 31.7 Å². The molecule has 34 heavy (non-hydrogen) atoms. The first-order chi connectivity index (χ1) is 16.1. The molecule has 0 bridgehead atoms. The van der Waals surface area contributed by atoms with Gasteiger partial charge in [0.25, 0.3) is 0 Å². The molecule has 1 saturated heterocycles. The molecular formula is C27H22F6N. The SMILES string of the molecule is FC(F)(F)c1ccc(C(=C2CCN(Cc3cc[c]cc3)CC2)c2ccc(C(F)(F)F)cc2)cc1. The van der Waals surface area contributed by atoms with Crippen LogP contribution in [0.5, 0.6) is 0 Å². The summed E-state index contributed by atoms with van der Waals surface area (Å²) in [6.45, 7) is 2.27. The van der Waals surface area contributed by atoms with Crippen LogP contribution in [0.4, 0.5) is 26.3 Å². The highest BCUT2D eigenvalue weighted by Crippen LogP contribution is 2.37. The third-order valence-electron chi connectivity index (χ3n) is 6.01. The van der Waals surface area contributed by atoms with E-state index in [0.717, 1.165) is 55.0 Å². The van der Waals surface area contributed by atoms with E-state index in [9.17, 15) is 26.3 Å². The molecule has 1 heterocycles. The summed E-state index contributed by atoms with van der Waals surface area (Å²) in [5, 5.41) is 0. The number of rotatable bonds is 4. The highest BCUT2D eigenvalue weighted by atomic mass is 19.4. The van der Waals surface area contributed by atoms with Gasteiger partial charge in [0.15, 0.2) is 0 Å². The van der Waals surface area contributed by atoms with Crippen LogP contribution < -0.4 is 0 Å². The van der Waals surface area contributed by atoms with E-state index in [2.05, 4.69) is 11.0 Å². The van der Waals surface area contributed by atoms with E-state index in [1.807, 2.05) is 24.3 Å². The first-order valence-corrected chi connectivity index (χ1v) is 10.9. The number of piperidine rings is 1. The van der Waals surface area contributed by atoms with E-state index in [4.69, 9.17) is 0 Å². The maximum absolute atomic E-state index is 13.1. The Balaban J connectivity index is 1.65. The molecule has 0 aromatic heterocycles. The summed E-state index contributed by atoms with van der Waals surface area (Å²) >= 11 is 0. The van der Waals surface area contributed by atoms with Gasteiger partial charge in [-0.25, -0.2) is 0 Å². The second-order valence-electron chi connectivity index (χ2n) is 8.31. The van der Waals surface area contributed by atoms with Crippen molar-refractivity contribution in [3.8, 4) is 0 Å². The van der Waals surface area contributed by atoms with Gasteiger partial charge in [-0.2, -0.15) is 26.3 Å². The molecule has 0 saturated carbocycles. The van der Waals surface area contributed by atoms with Crippen LogP contribution in [-0.2, 0) is 18.9 Å². The molecule has 0 aliphatic carbocycles. The minimum absolute atomic E-state index is 0.565. The van der Waals surface area contributed by atoms with E-state index in [1.54, 1.807) is 0 Å². The van der Waals surface area contributed by atoms with Crippen molar-refractivity contribution in [2.75, 3.05) is 13.1 Å². The Hall–Kier alpha value is -3.06. The quantitative estimate of drug-likeness (QED) is 0.352. The van der Waals surface area contributed by atoms with Crippen LogP contribution in [0.3, 0.4) is 0 Å². The summed E-state index contributed by atoms with van der Waals surface area (Å²) in [4.78, 5) is 2.29. The zero-order chi connectivity index (χ0) is 24.3. The van der Waals surface area contributed by atoms with Crippen molar-refractivity contribution in [1.29, 1.82) is 0 Å². The lowest BCUT2D eigenvalue weighted by Gasteiger charge is -2.30. The third kappa shape index (κ3) is 5.70. The number of hydrogen-bond donors (Lipinski definition) is 0. The van der Waals surface area contributed by atoms with Crippen molar-refractivity contribution >= 4 is 5.57 Å². The molecule has 7 heteroatoms. The highest BCUT2D eigenvalue weighted by molar-refractivity contribution is 5.82. The van der Waals surface area contributed by atoms with Crippen molar-refractivity contribution < 1.29 is 26.3 Å². The molecule has 0 amide bonds. The number of halogens is 6. The van der Waals surface area contributed by atoms with Crippen LogP contribution in [0.2, 0.25) is 0 Å². The smallest absolute Gasteiger partial charge is 0.298 e. The van der Waals surface area contributed by atoms with Gasteiger partial charge in [-0.15, -0.1) is 0 Å². The van der Waals surface area contributed by atoms with Crippen molar-refractivity contribution in [1.82, 2.24) is 4.90 Å². The predicted molar refractivity (Wildman–Crippen MR) is 119 cm³/mol. The van der Waals surface area contributed by atoms with E-state index < -0.39 is 23.5 Å². The van der Waals surface area contributed by atoms with Gasteiger partial charge in [-0.1, -0.05) is 54.1 Å². The molecule has 1 aliphatic rings. The lowest BCUT2D eigenvalue weighted by Crippen LogP contribution is -2.30. The van der Waals surface area contributed by atoms with E-state index in [0.29, 0.717) is 29.5 Å². The molecular weight excluding hydrogens is 452 g/mol. The number of likely N-dealkylation sites (tertiary alicyclic amines) is 1. The second kappa shape index (κ2) is 9.66. The number of benzene rings is 3. The monoisotopic (exact) mass is 474 g/mol. The Morgan fingerprint density at radius 3 is 1.53 bits per heavy atom. The summed E-state index contributed by atoms with van der Waals surface area (Å²) in [6, 6.07) is 20.4. The van der Waals surface area contributed by atoms with Crippen molar-refractivity contribution in [3.63, 3.8) is 0 Å². The van der Waals surface area contributed by atoms with E-state index in [-0.39, 0.29) is 0 Å². The number of alkyl halides is 6.